The number of fused-ring (bicyclic) bond motifs is 1. The van der Waals surface area contributed by atoms with Gasteiger partial charge in [0.05, 0.1) is 12.7 Å². The standard InChI is InChI=1S/C29H37N5O5/c30-17-21(15-20-6-10-31-27(20)35)32-28(36)24(14-19-4-5-19)34-29(37)25-16-22-23(33-25)2-1-3-26(22)39-13-9-18-7-11-38-12-8-18/h1-3,16,18-21,24,33H,4-15H2,(H,31,35)(H,32,36)(H,34,37)/t20-,21-,24-/m0/s1. The topological polar surface area (TPSA) is 145 Å². The van der Waals surface area contributed by atoms with Gasteiger partial charge >= 0.3 is 0 Å². The zero-order valence-corrected chi connectivity index (χ0v) is 22.2. The van der Waals surface area contributed by atoms with Crippen LogP contribution in [0.4, 0.5) is 0 Å². The molecule has 2 aromatic rings. The molecule has 39 heavy (non-hydrogen) atoms. The molecule has 3 aliphatic rings. The molecule has 0 spiro atoms. The van der Waals surface area contributed by atoms with Crippen LogP contribution in [0, 0.1) is 29.1 Å². The van der Waals surface area contributed by atoms with Crippen molar-refractivity contribution < 1.29 is 23.9 Å². The summed E-state index contributed by atoms with van der Waals surface area (Å²) < 4.78 is 11.5. The highest BCUT2D eigenvalue weighted by Gasteiger charge is 2.33. The van der Waals surface area contributed by atoms with Gasteiger partial charge in [0.15, 0.2) is 0 Å². The van der Waals surface area contributed by atoms with E-state index in [4.69, 9.17) is 9.47 Å². The van der Waals surface area contributed by atoms with Gasteiger partial charge in [0.2, 0.25) is 11.8 Å². The molecule has 0 radical (unpaired) electrons. The molecule has 1 aromatic carbocycles. The Labute approximate surface area is 228 Å². The molecule has 4 N–H and O–H groups in total. The van der Waals surface area contributed by atoms with Crippen molar-refractivity contribution in [2.24, 2.45) is 17.8 Å². The fraction of sp³-hybridized carbons (Fsp3) is 0.586. The lowest BCUT2D eigenvalue weighted by Gasteiger charge is -2.21. The molecule has 3 amide bonds. The van der Waals surface area contributed by atoms with E-state index >= 15 is 0 Å². The Bertz CT molecular complexity index is 1230. The lowest BCUT2D eigenvalue weighted by molar-refractivity contribution is -0.125. The third-order valence-electron chi connectivity index (χ3n) is 8.04. The van der Waals surface area contributed by atoms with E-state index in [2.05, 4.69) is 27.0 Å². The second kappa shape index (κ2) is 12.5. The van der Waals surface area contributed by atoms with E-state index in [1.165, 1.54) is 0 Å². The van der Waals surface area contributed by atoms with Gasteiger partial charge in [0, 0.05) is 36.6 Å². The predicted molar refractivity (Wildman–Crippen MR) is 144 cm³/mol. The van der Waals surface area contributed by atoms with Crippen molar-refractivity contribution >= 4 is 28.6 Å². The molecule has 3 atom stereocenters. The summed E-state index contributed by atoms with van der Waals surface area (Å²) in [6, 6.07) is 7.99. The van der Waals surface area contributed by atoms with E-state index in [1.54, 1.807) is 6.07 Å². The average Bonchev–Trinajstić information content (AvgIpc) is 3.50. The minimum atomic E-state index is -0.793. The molecular formula is C29H37N5O5. The number of amides is 3. The predicted octanol–water partition coefficient (Wildman–Crippen LogP) is 2.80. The number of aromatic amines is 1. The molecule has 1 aromatic heterocycles. The highest BCUT2D eigenvalue weighted by atomic mass is 16.5. The summed E-state index contributed by atoms with van der Waals surface area (Å²) in [5, 5.41) is 18.8. The van der Waals surface area contributed by atoms with Crippen LogP contribution >= 0.6 is 0 Å². The van der Waals surface area contributed by atoms with Gasteiger partial charge in [-0.15, -0.1) is 0 Å². The second-order valence-electron chi connectivity index (χ2n) is 11.0. The third-order valence-corrected chi connectivity index (χ3v) is 8.04. The summed E-state index contributed by atoms with van der Waals surface area (Å²) in [7, 11) is 0. The first-order valence-electron chi connectivity index (χ1n) is 14.1. The highest BCUT2D eigenvalue weighted by Crippen LogP contribution is 2.34. The van der Waals surface area contributed by atoms with E-state index in [-0.39, 0.29) is 24.2 Å². The molecule has 2 saturated heterocycles. The quantitative estimate of drug-likeness (QED) is 0.329. The fourth-order valence-electron chi connectivity index (χ4n) is 5.47. The number of nitriles is 1. The van der Waals surface area contributed by atoms with Crippen molar-refractivity contribution in [2.75, 3.05) is 26.4 Å². The molecule has 3 fully saturated rings. The Morgan fingerprint density at radius 3 is 2.64 bits per heavy atom. The van der Waals surface area contributed by atoms with Crippen LogP contribution in [0.2, 0.25) is 0 Å². The van der Waals surface area contributed by atoms with E-state index < -0.39 is 18.0 Å². The number of nitrogens with zero attached hydrogens (tertiary/aromatic N) is 1. The zero-order chi connectivity index (χ0) is 27.2. The maximum atomic E-state index is 13.2. The maximum Gasteiger partial charge on any atom is 0.268 e. The summed E-state index contributed by atoms with van der Waals surface area (Å²) in [5.74, 6) is 0.549. The number of H-pyrrole nitrogens is 1. The number of rotatable bonds is 12. The van der Waals surface area contributed by atoms with E-state index in [9.17, 15) is 19.6 Å². The summed E-state index contributed by atoms with van der Waals surface area (Å²) >= 11 is 0. The Balaban J connectivity index is 1.21. The summed E-state index contributed by atoms with van der Waals surface area (Å²) in [4.78, 5) is 41.5. The van der Waals surface area contributed by atoms with Gasteiger partial charge in [-0.1, -0.05) is 18.9 Å². The number of hydrogen-bond donors (Lipinski definition) is 4. The largest absolute Gasteiger partial charge is 0.493 e. The monoisotopic (exact) mass is 535 g/mol. The molecule has 5 rings (SSSR count). The Kier molecular flexibility index (Phi) is 8.67. The molecule has 0 unspecified atom stereocenters. The normalized spacial score (nSPS) is 21.1. The molecule has 3 heterocycles. The van der Waals surface area contributed by atoms with E-state index in [0.717, 1.165) is 62.0 Å². The molecular weight excluding hydrogens is 498 g/mol. The Hall–Kier alpha value is -3.58. The van der Waals surface area contributed by atoms with Gasteiger partial charge in [0.25, 0.3) is 5.91 Å². The molecule has 0 bridgehead atoms. The summed E-state index contributed by atoms with van der Waals surface area (Å²) in [5.41, 5.74) is 1.13. The van der Waals surface area contributed by atoms with Crippen molar-refractivity contribution in [2.45, 2.75) is 63.5 Å². The van der Waals surface area contributed by atoms with Gasteiger partial charge < -0.3 is 30.4 Å². The number of carbonyl (C=O) groups excluding carboxylic acids is 3. The SMILES string of the molecule is N#C[C@H](C[C@@H]1CCNC1=O)NC(=O)[C@H](CC1CC1)NC(=O)c1cc2c(OCCC3CCOCC3)cccc2[nH]1. The number of aromatic nitrogens is 1. The van der Waals surface area contributed by atoms with Crippen LogP contribution in [0.1, 0.15) is 61.9 Å². The van der Waals surface area contributed by atoms with Crippen LogP contribution in [0.25, 0.3) is 10.9 Å². The van der Waals surface area contributed by atoms with Gasteiger partial charge in [-0.05, 0) is 68.6 Å². The molecule has 1 saturated carbocycles. The van der Waals surface area contributed by atoms with Crippen LogP contribution in [0.5, 0.6) is 5.75 Å². The Morgan fingerprint density at radius 2 is 1.92 bits per heavy atom. The lowest BCUT2D eigenvalue weighted by atomic mass is 9.97. The highest BCUT2D eigenvalue weighted by molar-refractivity contribution is 6.01. The van der Waals surface area contributed by atoms with Crippen LogP contribution in [0.3, 0.4) is 0 Å². The summed E-state index contributed by atoms with van der Waals surface area (Å²) in [6.45, 7) is 2.81. The van der Waals surface area contributed by atoms with E-state index in [0.29, 0.717) is 43.5 Å². The fourth-order valence-corrected chi connectivity index (χ4v) is 5.47. The van der Waals surface area contributed by atoms with E-state index in [1.807, 2.05) is 18.2 Å². The van der Waals surface area contributed by atoms with Crippen molar-refractivity contribution in [3.05, 3.63) is 30.0 Å². The molecule has 208 valence electrons. The van der Waals surface area contributed by atoms with Gasteiger partial charge in [0.1, 0.15) is 23.5 Å². The third kappa shape index (κ3) is 7.09. The van der Waals surface area contributed by atoms with Gasteiger partial charge in [-0.3, -0.25) is 14.4 Å². The smallest absolute Gasteiger partial charge is 0.268 e. The minimum absolute atomic E-state index is 0.0851. The molecule has 10 heteroatoms. The van der Waals surface area contributed by atoms with Crippen molar-refractivity contribution in [1.82, 2.24) is 20.9 Å². The minimum Gasteiger partial charge on any atom is -0.493 e. The van der Waals surface area contributed by atoms with Crippen LogP contribution < -0.4 is 20.7 Å². The number of nitrogens with one attached hydrogen (secondary N) is 4. The molecule has 2 aliphatic heterocycles. The average molecular weight is 536 g/mol. The number of carbonyl (C=O) groups is 3. The number of ether oxygens (including phenoxy) is 2. The first kappa shape index (κ1) is 27.0. The zero-order valence-electron chi connectivity index (χ0n) is 22.2. The summed E-state index contributed by atoms with van der Waals surface area (Å²) in [6.07, 6.45) is 6.54. The number of hydrogen-bond acceptors (Lipinski definition) is 6. The molecule has 10 nitrogen and oxygen atoms in total. The Morgan fingerprint density at radius 1 is 1.10 bits per heavy atom. The maximum absolute atomic E-state index is 13.2. The van der Waals surface area contributed by atoms with Gasteiger partial charge in [-0.2, -0.15) is 5.26 Å². The molecule has 1 aliphatic carbocycles. The number of benzene rings is 1. The van der Waals surface area contributed by atoms with Crippen LogP contribution in [-0.2, 0) is 14.3 Å². The van der Waals surface area contributed by atoms with Crippen LogP contribution in [-0.4, -0.2) is 61.2 Å². The first-order chi connectivity index (χ1) is 19.0. The van der Waals surface area contributed by atoms with Crippen LogP contribution in [0.15, 0.2) is 24.3 Å². The van der Waals surface area contributed by atoms with Crippen molar-refractivity contribution in [3.63, 3.8) is 0 Å². The lowest BCUT2D eigenvalue weighted by Crippen LogP contribution is -2.50. The second-order valence-corrected chi connectivity index (χ2v) is 11.0. The first-order valence-corrected chi connectivity index (χ1v) is 14.1. The van der Waals surface area contributed by atoms with Gasteiger partial charge in [-0.25, -0.2) is 0 Å². The van der Waals surface area contributed by atoms with Crippen molar-refractivity contribution in [1.29, 1.82) is 5.26 Å². The van der Waals surface area contributed by atoms with Crippen molar-refractivity contribution in [3.8, 4) is 11.8 Å².